The lowest BCUT2D eigenvalue weighted by atomic mass is 10.1. The van der Waals surface area contributed by atoms with E-state index in [1.807, 2.05) is 4.90 Å². The lowest BCUT2D eigenvalue weighted by Crippen LogP contribution is -2.36. The monoisotopic (exact) mass is 301 g/mol. The highest BCUT2D eigenvalue weighted by molar-refractivity contribution is 7.91. The fourth-order valence-electron chi connectivity index (χ4n) is 2.23. The average Bonchev–Trinajstić information content (AvgIpc) is 2.69. The summed E-state index contributed by atoms with van der Waals surface area (Å²) in [7, 11) is -1.14. The van der Waals surface area contributed by atoms with Crippen molar-refractivity contribution in [2.75, 3.05) is 25.1 Å². The molecule has 0 saturated carbocycles. The molecule has 0 radical (unpaired) electrons. The maximum atomic E-state index is 12.1. The minimum Gasteiger partial charge on any atom is -0.295 e. The van der Waals surface area contributed by atoms with Crippen LogP contribution in [0.3, 0.4) is 0 Å². The number of benzene rings is 1. The van der Waals surface area contributed by atoms with E-state index in [1.165, 1.54) is 0 Å². The van der Waals surface area contributed by atoms with Crippen molar-refractivity contribution in [3.63, 3.8) is 0 Å². The second kappa shape index (κ2) is 5.61. The molecule has 1 heterocycles. The maximum absolute atomic E-state index is 12.1. The molecule has 0 bridgehead atoms. The molecule has 1 fully saturated rings. The van der Waals surface area contributed by atoms with Crippen molar-refractivity contribution in [1.29, 1.82) is 0 Å². The number of halogens is 1. The van der Waals surface area contributed by atoms with E-state index in [4.69, 9.17) is 11.6 Å². The zero-order valence-electron chi connectivity index (χ0n) is 10.7. The third-order valence-electron chi connectivity index (χ3n) is 3.37. The Kier molecular flexibility index (Phi) is 4.28. The predicted octanol–water partition coefficient (Wildman–Crippen LogP) is 1.64. The summed E-state index contributed by atoms with van der Waals surface area (Å²) in [6.07, 6.45) is 0.599. The molecule has 1 saturated heterocycles. The largest absolute Gasteiger partial charge is 0.295 e. The molecule has 1 atom stereocenters. The number of ketones is 1. The van der Waals surface area contributed by atoms with Crippen LogP contribution in [0.2, 0.25) is 5.02 Å². The van der Waals surface area contributed by atoms with Crippen LogP contribution in [0.1, 0.15) is 16.8 Å². The van der Waals surface area contributed by atoms with Gasteiger partial charge in [0.1, 0.15) is 0 Å². The molecule has 1 unspecified atom stereocenters. The normalized spacial score (nSPS) is 21.7. The van der Waals surface area contributed by atoms with Crippen molar-refractivity contribution in [2.24, 2.45) is 0 Å². The highest BCUT2D eigenvalue weighted by Gasteiger charge is 2.31. The highest BCUT2D eigenvalue weighted by Crippen LogP contribution is 2.17. The third-order valence-corrected chi connectivity index (χ3v) is 5.36. The van der Waals surface area contributed by atoms with Crippen molar-refractivity contribution in [1.82, 2.24) is 4.90 Å². The van der Waals surface area contributed by atoms with E-state index in [0.29, 0.717) is 17.0 Å². The fourth-order valence-corrected chi connectivity index (χ4v) is 4.23. The van der Waals surface area contributed by atoms with Gasteiger partial charge in [0.05, 0.1) is 18.1 Å². The van der Waals surface area contributed by atoms with Gasteiger partial charge in [-0.1, -0.05) is 23.7 Å². The molecule has 2 rings (SSSR count). The van der Waals surface area contributed by atoms with E-state index >= 15 is 0 Å². The molecule has 104 valence electrons. The number of hydrogen-bond acceptors (Lipinski definition) is 4. The Morgan fingerprint density at radius 3 is 2.79 bits per heavy atom. The van der Waals surface area contributed by atoms with Gasteiger partial charge in [-0.15, -0.1) is 0 Å². The van der Waals surface area contributed by atoms with E-state index in [2.05, 4.69) is 0 Å². The molecule has 1 aromatic rings. The fraction of sp³-hybridized carbons (Fsp3) is 0.462. The molecule has 0 N–H and O–H groups in total. The first kappa shape index (κ1) is 14.5. The van der Waals surface area contributed by atoms with Gasteiger partial charge in [0, 0.05) is 16.6 Å². The van der Waals surface area contributed by atoms with Crippen molar-refractivity contribution in [2.45, 2.75) is 12.5 Å². The maximum Gasteiger partial charge on any atom is 0.176 e. The van der Waals surface area contributed by atoms with Crippen LogP contribution >= 0.6 is 11.6 Å². The van der Waals surface area contributed by atoms with E-state index in [1.54, 1.807) is 31.3 Å². The summed E-state index contributed by atoms with van der Waals surface area (Å²) in [6.45, 7) is 0.209. The summed E-state index contributed by atoms with van der Waals surface area (Å²) in [5.74, 6) is 0.314. The zero-order chi connectivity index (χ0) is 14.0. The van der Waals surface area contributed by atoms with Crippen molar-refractivity contribution in [3.8, 4) is 0 Å². The predicted molar refractivity (Wildman–Crippen MR) is 75.5 cm³/mol. The van der Waals surface area contributed by atoms with Gasteiger partial charge < -0.3 is 0 Å². The van der Waals surface area contributed by atoms with Crippen LogP contribution < -0.4 is 0 Å². The summed E-state index contributed by atoms with van der Waals surface area (Å²) in [5.41, 5.74) is 0.556. The molecule has 19 heavy (non-hydrogen) atoms. The minimum absolute atomic E-state index is 0.0469. The molecule has 1 aliphatic heterocycles. The van der Waals surface area contributed by atoms with Crippen molar-refractivity contribution < 1.29 is 13.2 Å². The second-order valence-electron chi connectivity index (χ2n) is 4.91. The SMILES string of the molecule is CN(CC(=O)c1cccc(Cl)c1)C1CCS(=O)(=O)C1. The van der Waals surface area contributed by atoms with Gasteiger partial charge in [0.15, 0.2) is 15.6 Å². The van der Waals surface area contributed by atoms with E-state index in [0.717, 1.165) is 0 Å². The summed E-state index contributed by atoms with van der Waals surface area (Å²) in [5, 5.41) is 0.525. The number of rotatable bonds is 4. The first-order valence-electron chi connectivity index (χ1n) is 6.07. The van der Waals surface area contributed by atoms with E-state index < -0.39 is 9.84 Å². The lowest BCUT2D eigenvalue weighted by Gasteiger charge is -2.22. The smallest absolute Gasteiger partial charge is 0.176 e. The number of nitrogens with zero attached hydrogens (tertiary/aromatic N) is 1. The van der Waals surface area contributed by atoms with Crippen molar-refractivity contribution in [3.05, 3.63) is 34.9 Å². The Bertz CT molecular complexity index is 585. The molecular weight excluding hydrogens is 286 g/mol. The molecule has 1 aromatic carbocycles. The highest BCUT2D eigenvalue weighted by atomic mass is 35.5. The lowest BCUT2D eigenvalue weighted by molar-refractivity contribution is 0.0926. The summed E-state index contributed by atoms with van der Waals surface area (Å²) in [6, 6.07) is 6.73. The third kappa shape index (κ3) is 3.78. The second-order valence-corrected chi connectivity index (χ2v) is 7.57. The summed E-state index contributed by atoms with van der Waals surface area (Å²) >= 11 is 5.84. The first-order chi connectivity index (χ1) is 8.87. The number of carbonyl (C=O) groups is 1. The Labute approximate surface area is 118 Å². The van der Waals surface area contributed by atoms with Gasteiger partial charge in [0.25, 0.3) is 0 Å². The zero-order valence-corrected chi connectivity index (χ0v) is 12.2. The standard InChI is InChI=1S/C13H16ClNO3S/c1-15(12-5-6-19(17,18)9-12)8-13(16)10-3-2-4-11(14)7-10/h2-4,7,12H,5-6,8-9H2,1H3. The molecule has 6 heteroatoms. The van der Waals surface area contributed by atoms with E-state index in [-0.39, 0.29) is 29.9 Å². The number of likely N-dealkylation sites (N-methyl/N-ethyl adjacent to an activating group) is 1. The topological polar surface area (TPSA) is 54.5 Å². The Morgan fingerprint density at radius 2 is 2.21 bits per heavy atom. The van der Waals surface area contributed by atoms with Gasteiger partial charge in [-0.3, -0.25) is 9.69 Å². The van der Waals surface area contributed by atoms with Gasteiger partial charge >= 0.3 is 0 Å². The molecule has 0 spiro atoms. The van der Waals surface area contributed by atoms with Crippen LogP contribution in [0, 0.1) is 0 Å². The van der Waals surface area contributed by atoms with Crippen molar-refractivity contribution >= 4 is 27.2 Å². The minimum atomic E-state index is -2.92. The Balaban J connectivity index is 2.00. The molecule has 4 nitrogen and oxygen atoms in total. The number of sulfone groups is 1. The summed E-state index contributed by atoms with van der Waals surface area (Å²) < 4.78 is 22.8. The Hall–Kier alpha value is -0.910. The van der Waals surface area contributed by atoms with Crippen LogP contribution in [-0.4, -0.2) is 50.2 Å². The average molecular weight is 302 g/mol. The molecule has 0 aliphatic carbocycles. The molecular formula is C13H16ClNO3S. The van der Waals surface area contributed by atoms with Crippen LogP contribution in [-0.2, 0) is 9.84 Å². The number of Topliss-reactive ketones (excluding diaryl/α,β-unsaturated/α-hetero) is 1. The molecule has 0 amide bonds. The van der Waals surface area contributed by atoms with Gasteiger partial charge in [-0.25, -0.2) is 8.42 Å². The molecule has 1 aliphatic rings. The van der Waals surface area contributed by atoms with Crippen LogP contribution in [0.25, 0.3) is 0 Å². The van der Waals surface area contributed by atoms with Crippen LogP contribution in [0.4, 0.5) is 0 Å². The van der Waals surface area contributed by atoms with Gasteiger partial charge in [-0.05, 0) is 25.6 Å². The van der Waals surface area contributed by atoms with Gasteiger partial charge in [-0.2, -0.15) is 0 Å². The molecule has 0 aromatic heterocycles. The van der Waals surface area contributed by atoms with E-state index in [9.17, 15) is 13.2 Å². The van der Waals surface area contributed by atoms with Crippen LogP contribution in [0.15, 0.2) is 24.3 Å². The van der Waals surface area contributed by atoms with Crippen LogP contribution in [0.5, 0.6) is 0 Å². The van der Waals surface area contributed by atoms with Gasteiger partial charge in [0.2, 0.25) is 0 Å². The number of hydrogen-bond donors (Lipinski definition) is 0. The Morgan fingerprint density at radius 1 is 1.47 bits per heavy atom. The quantitative estimate of drug-likeness (QED) is 0.794. The first-order valence-corrected chi connectivity index (χ1v) is 8.27. The summed E-state index contributed by atoms with van der Waals surface area (Å²) in [4.78, 5) is 13.9. The number of carbonyl (C=O) groups excluding carboxylic acids is 1.